The molecule has 0 spiro atoms. The van der Waals surface area contributed by atoms with Crippen molar-refractivity contribution in [3.05, 3.63) is 181 Å². The molecule has 0 bridgehead atoms. The van der Waals surface area contributed by atoms with Gasteiger partial charge in [-0.05, 0) is 57.6 Å². The van der Waals surface area contributed by atoms with E-state index in [0.29, 0.717) is 0 Å². The molecule has 0 amide bonds. The average molecular weight is 667 g/mol. The molecule has 9 aromatic rings. The van der Waals surface area contributed by atoms with Crippen LogP contribution in [0.25, 0.3) is 89.2 Å². The van der Waals surface area contributed by atoms with Crippen molar-refractivity contribution in [2.24, 2.45) is 0 Å². The number of nitrogens with zero attached hydrogens (tertiary/aromatic N) is 2. The fourth-order valence-electron chi connectivity index (χ4n) is 8.11. The smallest absolute Gasteiger partial charge is 0.160 e. The predicted octanol–water partition coefficient (Wildman–Crippen LogP) is 13.0. The molecule has 3 heteroatoms. The van der Waals surface area contributed by atoms with E-state index in [2.05, 4.69) is 166 Å². The molecule has 52 heavy (non-hydrogen) atoms. The van der Waals surface area contributed by atoms with Gasteiger partial charge in [-0.1, -0.05) is 159 Å². The lowest BCUT2D eigenvalue weighted by atomic mass is 9.80. The highest BCUT2D eigenvalue weighted by Gasteiger charge is 2.40. The SMILES string of the molecule is CC1(C)c2ccccc2-c2nc(-c3cccc(-c4ccccc4)c3)nc(-c3cccc(-c4cccc(-c5cccc6c5oc5ccccc56)c4)c3)c21. The van der Waals surface area contributed by atoms with E-state index in [1.165, 1.54) is 22.3 Å². The zero-order valence-corrected chi connectivity index (χ0v) is 29.0. The van der Waals surface area contributed by atoms with Crippen molar-refractivity contribution in [2.45, 2.75) is 19.3 Å². The third-order valence-electron chi connectivity index (χ3n) is 10.7. The van der Waals surface area contributed by atoms with Crippen LogP contribution in [0, 0.1) is 0 Å². The lowest BCUT2D eigenvalue weighted by molar-refractivity contribution is 0.658. The summed E-state index contributed by atoms with van der Waals surface area (Å²) in [6.45, 7) is 4.60. The number of hydrogen-bond acceptors (Lipinski definition) is 3. The summed E-state index contributed by atoms with van der Waals surface area (Å²) in [6, 6.07) is 60.0. The van der Waals surface area contributed by atoms with Gasteiger partial charge in [0.15, 0.2) is 5.82 Å². The van der Waals surface area contributed by atoms with Crippen LogP contribution in [0.15, 0.2) is 174 Å². The Kier molecular flexibility index (Phi) is 6.84. The van der Waals surface area contributed by atoms with E-state index >= 15 is 0 Å². The second kappa shape index (κ2) is 11.8. The molecule has 1 aliphatic rings. The van der Waals surface area contributed by atoms with Crippen molar-refractivity contribution in [3.63, 3.8) is 0 Å². The second-order valence-electron chi connectivity index (χ2n) is 14.2. The van der Waals surface area contributed by atoms with Crippen LogP contribution < -0.4 is 0 Å². The Morgan fingerprint density at radius 2 is 0.962 bits per heavy atom. The van der Waals surface area contributed by atoms with Crippen molar-refractivity contribution < 1.29 is 4.42 Å². The molecule has 0 fully saturated rings. The lowest BCUT2D eigenvalue weighted by Crippen LogP contribution is -2.17. The summed E-state index contributed by atoms with van der Waals surface area (Å²) >= 11 is 0. The first-order valence-corrected chi connectivity index (χ1v) is 17.8. The van der Waals surface area contributed by atoms with Gasteiger partial charge >= 0.3 is 0 Å². The fraction of sp³-hybridized carbons (Fsp3) is 0.0612. The highest BCUT2D eigenvalue weighted by Crippen LogP contribution is 2.51. The van der Waals surface area contributed by atoms with Crippen molar-refractivity contribution >= 4 is 21.9 Å². The normalized spacial score (nSPS) is 13.0. The Labute approximate surface area is 302 Å². The predicted molar refractivity (Wildman–Crippen MR) is 214 cm³/mol. The first-order valence-electron chi connectivity index (χ1n) is 17.8. The first-order chi connectivity index (χ1) is 25.5. The molecule has 2 heterocycles. The first kappa shape index (κ1) is 30.3. The number of rotatable bonds is 5. The maximum Gasteiger partial charge on any atom is 0.160 e. The standard InChI is InChI=1S/C49H34N2O/c1-49(2)42-26-8-6-23-41(42)46-44(49)45(50-48(51-46)37-21-12-16-32(30-37)31-14-4-3-5-15-31)36-20-11-18-34(29-36)33-17-10-19-35(28-33)38-24-13-25-40-39-22-7-9-27-43(39)52-47(38)40/h3-30H,1-2H3. The van der Waals surface area contributed by atoms with Gasteiger partial charge in [-0.3, -0.25) is 0 Å². The Hall–Kier alpha value is -6.58. The maximum absolute atomic E-state index is 6.42. The molecule has 2 aromatic heterocycles. The summed E-state index contributed by atoms with van der Waals surface area (Å²) in [4.78, 5) is 10.8. The topological polar surface area (TPSA) is 38.9 Å². The Balaban J connectivity index is 1.12. The van der Waals surface area contributed by atoms with Crippen LogP contribution in [0.1, 0.15) is 25.0 Å². The molecular weight excluding hydrogens is 633 g/mol. The van der Waals surface area contributed by atoms with Crippen LogP contribution in [0.4, 0.5) is 0 Å². The summed E-state index contributed by atoms with van der Waals surface area (Å²) in [5.41, 5.74) is 16.0. The van der Waals surface area contributed by atoms with Crippen molar-refractivity contribution in [3.8, 4) is 67.3 Å². The highest BCUT2D eigenvalue weighted by atomic mass is 16.3. The highest BCUT2D eigenvalue weighted by molar-refractivity contribution is 6.09. The van der Waals surface area contributed by atoms with Crippen LogP contribution >= 0.6 is 0 Å². The number of aromatic nitrogens is 2. The molecule has 0 saturated heterocycles. The van der Waals surface area contributed by atoms with E-state index in [0.717, 1.165) is 78.1 Å². The number of para-hydroxylation sites is 2. The van der Waals surface area contributed by atoms with E-state index in [4.69, 9.17) is 14.4 Å². The maximum atomic E-state index is 6.42. The van der Waals surface area contributed by atoms with Gasteiger partial charge in [-0.2, -0.15) is 0 Å². The Bertz CT molecular complexity index is 2830. The molecule has 0 saturated carbocycles. The van der Waals surface area contributed by atoms with Gasteiger partial charge in [0.1, 0.15) is 11.2 Å². The van der Waals surface area contributed by atoms with Gasteiger partial charge in [0.2, 0.25) is 0 Å². The largest absolute Gasteiger partial charge is 0.455 e. The van der Waals surface area contributed by atoms with E-state index in [1.54, 1.807) is 0 Å². The summed E-state index contributed by atoms with van der Waals surface area (Å²) < 4.78 is 6.42. The van der Waals surface area contributed by atoms with Crippen LogP contribution in [-0.4, -0.2) is 9.97 Å². The number of furan rings is 1. The molecule has 0 atom stereocenters. The summed E-state index contributed by atoms with van der Waals surface area (Å²) in [5.74, 6) is 0.727. The molecule has 3 nitrogen and oxygen atoms in total. The van der Waals surface area contributed by atoms with Gasteiger partial charge in [-0.25, -0.2) is 9.97 Å². The monoisotopic (exact) mass is 666 g/mol. The van der Waals surface area contributed by atoms with Gasteiger partial charge in [-0.15, -0.1) is 0 Å². The van der Waals surface area contributed by atoms with Gasteiger partial charge in [0, 0.05) is 44.0 Å². The van der Waals surface area contributed by atoms with Crippen LogP contribution in [0.2, 0.25) is 0 Å². The Morgan fingerprint density at radius 3 is 1.79 bits per heavy atom. The number of benzene rings is 7. The lowest BCUT2D eigenvalue weighted by Gasteiger charge is -2.24. The minimum Gasteiger partial charge on any atom is -0.455 e. The molecule has 0 unspecified atom stereocenters. The molecule has 10 rings (SSSR count). The van der Waals surface area contributed by atoms with Gasteiger partial charge < -0.3 is 4.42 Å². The molecular formula is C49H34N2O. The molecule has 246 valence electrons. The van der Waals surface area contributed by atoms with Crippen LogP contribution in [-0.2, 0) is 5.41 Å². The summed E-state index contributed by atoms with van der Waals surface area (Å²) in [6.07, 6.45) is 0. The molecule has 1 aliphatic carbocycles. The zero-order chi connectivity index (χ0) is 34.8. The van der Waals surface area contributed by atoms with E-state index in [-0.39, 0.29) is 5.41 Å². The Morgan fingerprint density at radius 1 is 0.423 bits per heavy atom. The summed E-state index contributed by atoms with van der Waals surface area (Å²) in [5, 5.41) is 2.27. The van der Waals surface area contributed by atoms with Crippen molar-refractivity contribution in [1.29, 1.82) is 0 Å². The quantitative estimate of drug-likeness (QED) is 0.183. The number of fused-ring (bicyclic) bond motifs is 6. The third kappa shape index (κ3) is 4.81. The fourth-order valence-corrected chi connectivity index (χ4v) is 8.11. The van der Waals surface area contributed by atoms with Crippen LogP contribution in [0.5, 0.6) is 0 Å². The average Bonchev–Trinajstić information content (AvgIpc) is 3.70. The molecule has 0 aliphatic heterocycles. The van der Waals surface area contributed by atoms with Crippen molar-refractivity contribution in [1.82, 2.24) is 9.97 Å². The summed E-state index contributed by atoms with van der Waals surface area (Å²) in [7, 11) is 0. The van der Waals surface area contributed by atoms with Crippen LogP contribution in [0.3, 0.4) is 0 Å². The van der Waals surface area contributed by atoms with E-state index in [9.17, 15) is 0 Å². The zero-order valence-electron chi connectivity index (χ0n) is 29.0. The van der Waals surface area contributed by atoms with E-state index in [1.807, 2.05) is 18.2 Å². The van der Waals surface area contributed by atoms with E-state index < -0.39 is 0 Å². The number of hydrogen-bond donors (Lipinski definition) is 0. The molecule has 7 aromatic carbocycles. The minimum absolute atomic E-state index is 0.271. The third-order valence-corrected chi connectivity index (χ3v) is 10.7. The van der Waals surface area contributed by atoms with Crippen molar-refractivity contribution in [2.75, 3.05) is 0 Å². The molecule has 0 N–H and O–H groups in total. The van der Waals surface area contributed by atoms with Gasteiger partial charge in [0.25, 0.3) is 0 Å². The van der Waals surface area contributed by atoms with Gasteiger partial charge in [0.05, 0.1) is 11.4 Å². The second-order valence-corrected chi connectivity index (χ2v) is 14.2. The minimum atomic E-state index is -0.271. The molecule has 0 radical (unpaired) electrons.